The monoisotopic (exact) mass is 193 g/mol. The number of hydrogen-bond donors (Lipinski definition) is 1. The molecule has 1 aromatic carbocycles. The Morgan fingerprint density at radius 1 is 1.50 bits per heavy atom. The van der Waals surface area contributed by atoms with Crippen LogP contribution in [0.5, 0.6) is 5.75 Å². The molecular formula is C11H15NO2. The van der Waals surface area contributed by atoms with Crippen LogP contribution in [0.25, 0.3) is 0 Å². The molecule has 1 amide bonds. The van der Waals surface area contributed by atoms with E-state index >= 15 is 0 Å². The first-order valence-electron chi connectivity index (χ1n) is 4.69. The zero-order valence-electron chi connectivity index (χ0n) is 8.54. The third-order valence-corrected chi connectivity index (χ3v) is 1.93. The van der Waals surface area contributed by atoms with Crippen LogP contribution in [-0.2, 0) is 0 Å². The Hall–Kier alpha value is -1.51. The molecule has 1 rings (SSSR count). The average molecular weight is 193 g/mol. The fourth-order valence-electron chi connectivity index (χ4n) is 1.24. The summed E-state index contributed by atoms with van der Waals surface area (Å²) in [7, 11) is 0. The molecule has 14 heavy (non-hydrogen) atoms. The van der Waals surface area contributed by atoms with Gasteiger partial charge in [-0.3, -0.25) is 4.79 Å². The Morgan fingerprint density at radius 3 is 2.79 bits per heavy atom. The quantitative estimate of drug-likeness (QED) is 0.793. The molecule has 0 aliphatic rings. The molecule has 1 aromatic rings. The summed E-state index contributed by atoms with van der Waals surface area (Å²) in [6.45, 7) is 4.52. The summed E-state index contributed by atoms with van der Waals surface area (Å²) in [5.41, 5.74) is 6.63. The van der Waals surface area contributed by atoms with Crippen molar-refractivity contribution in [2.75, 3.05) is 6.61 Å². The van der Waals surface area contributed by atoms with Crippen molar-refractivity contribution in [3.8, 4) is 5.75 Å². The lowest BCUT2D eigenvalue weighted by molar-refractivity contribution is 0.0996. The topological polar surface area (TPSA) is 52.3 Å². The van der Waals surface area contributed by atoms with Crippen molar-refractivity contribution in [3.63, 3.8) is 0 Å². The zero-order chi connectivity index (χ0) is 10.6. The van der Waals surface area contributed by atoms with E-state index in [1.807, 2.05) is 19.9 Å². The van der Waals surface area contributed by atoms with Crippen LogP contribution in [0.4, 0.5) is 0 Å². The normalized spacial score (nSPS) is 9.86. The van der Waals surface area contributed by atoms with E-state index in [0.717, 1.165) is 12.0 Å². The molecule has 0 saturated heterocycles. The van der Waals surface area contributed by atoms with Gasteiger partial charge in [-0.1, -0.05) is 19.1 Å². The maximum Gasteiger partial charge on any atom is 0.252 e. The van der Waals surface area contributed by atoms with E-state index in [1.165, 1.54) is 0 Å². The lowest BCUT2D eigenvalue weighted by Crippen LogP contribution is -2.14. The fourth-order valence-corrected chi connectivity index (χ4v) is 1.24. The largest absolute Gasteiger partial charge is 0.492 e. The number of ether oxygens (including phenoxy) is 1. The van der Waals surface area contributed by atoms with Gasteiger partial charge in [0.15, 0.2) is 0 Å². The van der Waals surface area contributed by atoms with Crippen molar-refractivity contribution in [1.82, 2.24) is 0 Å². The molecule has 0 fully saturated rings. The van der Waals surface area contributed by atoms with Crippen LogP contribution in [0.2, 0.25) is 0 Å². The van der Waals surface area contributed by atoms with Gasteiger partial charge >= 0.3 is 0 Å². The minimum atomic E-state index is -0.445. The molecule has 0 saturated carbocycles. The number of benzene rings is 1. The van der Waals surface area contributed by atoms with Gasteiger partial charge in [-0.2, -0.15) is 0 Å². The van der Waals surface area contributed by atoms with Crippen LogP contribution >= 0.6 is 0 Å². The third kappa shape index (κ3) is 2.25. The van der Waals surface area contributed by atoms with Crippen LogP contribution in [-0.4, -0.2) is 12.5 Å². The van der Waals surface area contributed by atoms with E-state index < -0.39 is 5.91 Å². The van der Waals surface area contributed by atoms with Gasteiger partial charge in [-0.05, 0) is 25.0 Å². The number of primary amides is 1. The van der Waals surface area contributed by atoms with Gasteiger partial charge in [-0.15, -0.1) is 0 Å². The number of nitrogens with two attached hydrogens (primary N) is 1. The summed E-state index contributed by atoms with van der Waals surface area (Å²) in [5.74, 6) is 0.168. The SMILES string of the molecule is CCCOc1c(C)cccc1C(N)=O. The highest BCUT2D eigenvalue weighted by Gasteiger charge is 2.10. The van der Waals surface area contributed by atoms with Gasteiger partial charge in [0, 0.05) is 0 Å². The Balaban J connectivity index is 3.02. The van der Waals surface area contributed by atoms with Crippen molar-refractivity contribution in [2.24, 2.45) is 5.73 Å². The molecular weight excluding hydrogens is 178 g/mol. The van der Waals surface area contributed by atoms with Gasteiger partial charge in [0.25, 0.3) is 5.91 Å². The Morgan fingerprint density at radius 2 is 2.21 bits per heavy atom. The van der Waals surface area contributed by atoms with Crippen LogP contribution in [0, 0.1) is 6.92 Å². The predicted octanol–water partition coefficient (Wildman–Crippen LogP) is 1.88. The van der Waals surface area contributed by atoms with Crippen LogP contribution in [0.1, 0.15) is 29.3 Å². The summed E-state index contributed by atoms with van der Waals surface area (Å²) in [4.78, 5) is 11.1. The summed E-state index contributed by atoms with van der Waals surface area (Å²) in [6, 6.07) is 5.38. The number of carbonyl (C=O) groups excluding carboxylic acids is 1. The highest BCUT2D eigenvalue weighted by molar-refractivity contribution is 5.96. The fraction of sp³-hybridized carbons (Fsp3) is 0.364. The number of rotatable bonds is 4. The first-order chi connectivity index (χ1) is 6.66. The van der Waals surface area contributed by atoms with Gasteiger partial charge in [0.2, 0.25) is 0 Å². The Kier molecular flexibility index (Phi) is 3.51. The average Bonchev–Trinajstić information content (AvgIpc) is 2.15. The van der Waals surface area contributed by atoms with E-state index in [0.29, 0.717) is 17.9 Å². The molecule has 0 aliphatic heterocycles. The molecule has 0 aromatic heterocycles. The Labute approximate surface area is 83.9 Å². The summed E-state index contributed by atoms with van der Waals surface area (Å²) in [6.07, 6.45) is 0.909. The Bertz CT molecular complexity index is 334. The van der Waals surface area contributed by atoms with E-state index in [9.17, 15) is 4.79 Å². The minimum absolute atomic E-state index is 0.445. The van der Waals surface area contributed by atoms with Crippen molar-refractivity contribution >= 4 is 5.91 Å². The first-order valence-corrected chi connectivity index (χ1v) is 4.69. The molecule has 0 aliphatic carbocycles. The second-order valence-corrected chi connectivity index (χ2v) is 3.16. The standard InChI is InChI=1S/C11H15NO2/c1-3-7-14-10-8(2)5-4-6-9(10)11(12)13/h4-6H,3,7H2,1-2H3,(H2,12,13). The van der Waals surface area contributed by atoms with Crippen molar-refractivity contribution in [3.05, 3.63) is 29.3 Å². The van der Waals surface area contributed by atoms with Gasteiger partial charge in [0.05, 0.1) is 12.2 Å². The van der Waals surface area contributed by atoms with Gasteiger partial charge in [0.1, 0.15) is 5.75 Å². The smallest absolute Gasteiger partial charge is 0.252 e. The molecule has 76 valence electrons. The minimum Gasteiger partial charge on any atom is -0.492 e. The molecule has 0 spiro atoms. The lowest BCUT2D eigenvalue weighted by atomic mass is 10.1. The highest BCUT2D eigenvalue weighted by Crippen LogP contribution is 2.22. The maximum absolute atomic E-state index is 11.1. The first kappa shape index (κ1) is 10.6. The molecule has 2 N–H and O–H groups in total. The number of hydrogen-bond acceptors (Lipinski definition) is 2. The molecule has 0 radical (unpaired) electrons. The lowest BCUT2D eigenvalue weighted by Gasteiger charge is -2.11. The van der Waals surface area contributed by atoms with Crippen LogP contribution in [0.3, 0.4) is 0 Å². The molecule has 0 bridgehead atoms. The highest BCUT2D eigenvalue weighted by atomic mass is 16.5. The van der Waals surface area contributed by atoms with Crippen LogP contribution in [0.15, 0.2) is 18.2 Å². The molecule has 3 nitrogen and oxygen atoms in total. The van der Waals surface area contributed by atoms with Gasteiger partial charge in [-0.25, -0.2) is 0 Å². The van der Waals surface area contributed by atoms with Crippen LogP contribution < -0.4 is 10.5 Å². The maximum atomic E-state index is 11.1. The number of aryl methyl sites for hydroxylation is 1. The molecule has 0 heterocycles. The number of para-hydroxylation sites is 1. The molecule has 3 heteroatoms. The van der Waals surface area contributed by atoms with Crippen molar-refractivity contribution in [2.45, 2.75) is 20.3 Å². The summed E-state index contributed by atoms with van der Waals surface area (Å²) >= 11 is 0. The molecule has 0 unspecified atom stereocenters. The van der Waals surface area contributed by atoms with E-state index in [1.54, 1.807) is 12.1 Å². The molecule has 0 atom stereocenters. The van der Waals surface area contributed by atoms with E-state index in [2.05, 4.69) is 0 Å². The second kappa shape index (κ2) is 4.65. The van der Waals surface area contributed by atoms with Crippen molar-refractivity contribution in [1.29, 1.82) is 0 Å². The summed E-state index contributed by atoms with van der Waals surface area (Å²) < 4.78 is 5.48. The summed E-state index contributed by atoms with van der Waals surface area (Å²) in [5, 5.41) is 0. The van der Waals surface area contributed by atoms with E-state index in [-0.39, 0.29) is 0 Å². The second-order valence-electron chi connectivity index (χ2n) is 3.16. The van der Waals surface area contributed by atoms with E-state index in [4.69, 9.17) is 10.5 Å². The van der Waals surface area contributed by atoms with Crippen molar-refractivity contribution < 1.29 is 9.53 Å². The predicted molar refractivity (Wildman–Crippen MR) is 55.5 cm³/mol. The zero-order valence-corrected chi connectivity index (χ0v) is 8.54. The number of amides is 1. The van der Waals surface area contributed by atoms with Gasteiger partial charge < -0.3 is 10.5 Å². The number of carbonyl (C=O) groups is 1. The third-order valence-electron chi connectivity index (χ3n) is 1.93.